The van der Waals surface area contributed by atoms with E-state index in [0.717, 1.165) is 0 Å². The van der Waals surface area contributed by atoms with Gasteiger partial charge in [0.1, 0.15) is 0 Å². The molecule has 1 aromatic carbocycles. The lowest BCUT2D eigenvalue weighted by atomic mass is 9.95. The van der Waals surface area contributed by atoms with Crippen LogP contribution in [0.2, 0.25) is 0 Å². The molecule has 10 heteroatoms. The van der Waals surface area contributed by atoms with Crippen LogP contribution < -0.4 is 4.90 Å². The molecule has 28 heavy (non-hydrogen) atoms. The average Bonchev–Trinajstić information content (AvgIpc) is 2.68. The van der Waals surface area contributed by atoms with Gasteiger partial charge in [-0.25, -0.2) is 13.4 Å². The molecule has 0 radical (unpaired) electrons. The van der Waals surface area contributed by atoms with Crippen molar-refractivity contribution in [1.82, 2.24) is 9.29 Å². The molecule has 1 unspecified atom stereocenters. The number of anilines is 1. The third kappa shape index (κ3) is 3.85. The van der Waals surface area contributed by atoms with Crippen molar-refractivity contribution < 1.29 is 26.7 Å². The molecule has 0 saturated carbocycles. The normalized spacial score (nSPS) is 18.7. The highest BCUT2D eigenvalue weighted by atomic mass is 32.2. The maximum Gasteiger partial charge on any atom is 0.421 e. The van der Waals surface area contributed by atoms with E-state index in [1.807, 2.05) is 4.90 Å². The number of aliphatic hydroxyl groups is 1. The number of piperazine rings is 1. The minimum absolute atomic E-state index is 0.0119. The lowest BCUT2D eigenvalue weighted by Gasteiger charge is -2.35. The van der Waals surface area contributed by atoms with Crippen molar-refractivity contribution in [2.45, 2.75) is 23.7 Å². The van der Waals surface area contributed by atoms with Crippen LogP contribution >= 0.6 is 0 Å². The second-order valence-electron chi connectivity index (χ2n) is 6.68. The zero-order chi connectivity index (χ0) is 20.6. The summed E-state index contributed by atoms with van der Waals surface area (Å²) in [6.45, 7) is 1.97. The summed E-state index contributed by atoms with van der Waals surface area (Å²) >= 11 is 0. The zero-order valence-corrected chi connectivity index (χ0v) is 15.9. The van der Waals surface area contributed by atoms with Gasteiger partial charge >= 0.3 is 6.18 Å². The Morgan fingerprint density at radius 1 is 1.00 bits per heavy atom. The van der Waals surface area contributed by atoms with Gasteiger partial charge in [-0.3, -0.25) is 0 Å². The van der Waals surface area contributed by atoms with Gasteiger partial charge in [0.25, 0.3) is 10.0 Å². The molecule has 1 N–H and O–H groups in total. The Hall–Kier alpha value is -2.17. The Labute approximate surface area is 161 Å². The van der Waals surface area contributed by atoms with Crippen LogP contribution in [-0.4, -0.2) is 55.2 Å². The number of nitrogens with zero attached hydrogens (tertiary/aromatic N) is 3. The summed E-state index contributed by atoms with van der Waals surface area (Å²) in [7, 11) is -3.67. The largest absolute Gasteiger partial charge is 0.421 e. The topological polar surface area (TPSA) is 73.7 Å². The molecule has 3 rings (SSSR count). The Kier molecular flexibility index (Phi) is 5.39. The van der Waals surface area contributed by atoms with Gasteiger partial charge in [0.05, 0.1) is 0 Å². The summed E-state index contributed by atoms with van der Waals surface area (Å²) in [6.07, 6.45) is -3.36. The van der Waals surface area contributed by atoms with Crippen molar-refractivity contribution >= 4 is 15.7 Å². The molecule has 2 heterocycles. The maximum absolute atomic E-state index is 12.9. The number of rotatable bonds is 4. The number of halogens is 3. The van der Waals surface area contributed by atoms with Crippen molar-refractivity contribution in [1.29, 1.82) is 0 Å². The Morgan fingerprint density at radius 3 is 2.11 bits per heavy atom. The standard InChI is InChI=1S/C18H20F3N3O3S/c1-17(25,18(19,20)21)14-5-7-15(8-6-14)23-10-12-24(13-11-23)28(26,27)16-4-2-3-9-22-16/h2-9,25H,10-13H2,1H3. The molecule has 0 amide bonds. The highest BCUT2D eigenvalue weighted by molar-refractivity contribution is 7.89. The van der Waals surface area contributed by atoms with E-state index in [0.29, 0.717) is 25.7 Å². The van der Waals surface area contributed by atoms with E-state index in [-0.39, 0.29) is 23.7 Å². The van der Waals surface area contributed by atoms with Crippen LogP contribution in [0.1, 0.15) is 12.5 Å². The van der Waals surface area contributed by atoms with E-state index in [4.69, 9.17) is 0 Å². The van der Waals surface area contributed by atoms with Crippen LogP contribution in [0.4, 0.5) is 18.9 Å². The molecule has 1 aliphatic rings. The molecule has 1 aliphatic heterocycles. The first-order chi connectivity index (χ1) is 13.0. The molecule has 0 bridgehead atoms. The third-order valence-electron chi connectivity index (χ3n) is 4.83. The molecule has 1 fully saturated rings. The van der Waals surface area contributed by atoms with Crippen molar-refractivity contribution in [2.24, 2.45) is 0 Å². The summed E-state index contributed by atoms with van der Waals surface area (Å²) in [4.78, 5) is 5.78. The van der Waals surface area contributed by atoms with Gasteiger partial charge in [-0.05, 0) is 36.8 Å². The lowest BCUT2D eigenvalue weighted by molar-refractivity contribution is -0.258. The van der Waals surface area contributed by atoms with Crippen LogP contribution in [0.15, 0.2) is 53.7 Å². The molecule has 1 saturated heterocycles. The Bertz CT molecular complexity index is 909. The fourth-order valence-electron chi connectivity index (χ4n) is 2.98. The molecule has 0 aliphatic carbocycles. The summed E-state index contributed by atoms with van der Waals surface area (Å²) in [5.74, 6) is 0. The molecule has 2 aromatic rings. The molecular weight excluding hydrogens is 395 g/mol. The van der Waals surface area contributed by atoms with Gasteiger partial charge < -0.3 is 10.0 Å². The van der Waals surface area contributed by atoms with Crippen LogP contribution in [0.5, 0.6) is 0 Å². The van der Waals surface area contributed by atoms with Gasteiger partial charge in [0, 0.05) is 38.1 Å². The fraction of sp³-hybridized carbons (Fsp3) is 0.389. The zero-order valence-electron chi connectivity index (χ0n) is 15.1. The van der Waals surface area contributed by atoms with Crippen LogP contribution in [0, 0.1) is 0 Å². The van der Waals surface area contributed by atoms with Gasteiger partial charge in [-0.1, -0.05) is 18.2 Å². The second-order valence-corrected chi connectivity index (χ2v) is 8.56. The molecule has 6 nitrogen and oxygen atoms in total. The summed E-state index contributed by atoms with van der Waals surface area (Å²) in [6, 6.07) is 10.1. The van der Waals surface area contributed by atoms with Gasteiger partial charge in [-0.2, -0.15) is 17.5 Å². The number of hydrogen-bond donors (Lipinski definition) is 1. The number of alkyl halides is 3. The molecule has 1 atom stereocenters. The number of hydrogen-bond acceptors (Lipinski definition) is 5. The number of benzene rings is 1. The first kappa shape index (κ1) is 20.6. The van der Waals surface area contributed by atoms with Gasteiger partial charge in [0.2, 0.25) is 0 Å². The fourth-order valence-corrected chi connectivity index (χ4v) is 4.33. The van der Waals surface area contributed by atoms with E-state index < -0.39 is 21.8 Å². The number of sulfonamides is 1. The monoisotopic (exact) mass is 415 g/mol. The van der Waals surface area contributed by atoms with E-state index in [1.165, 1.54) is 40.8 Å². The summed E-state index contributed by atoms with van der Waals surface area (Å²) in [5.41, 5.74) is -2.52. The lowest BCUT2D eigenvalue weighted by Crippen LogP contribution is -2.48. The van der Waals surface area contributed by atoms with E-state index in [9.17, 15) is 26.7 Å². The van der Waals surface area contributed by atoms with E-state index in [1.54, 1.807) is 12.1 Å². The van der Waals surface area contributed by atoms with Crippen molar-refractivity contribution in [3.8, 4) is 0 Å². The first-order valence-electron chi connectivity index (χ1n) is 8.59. The molecule has 152 valence electrons. The molecule has 0 spiro atoms. The highest BCUT2D eigenvalue weighted by Gasteiger charge is 2.51. The SMILES string of the molecule is CC(O)(c1ccc(N2CCN(S(=O)(=O)c3ccccn3)CC2)cc1)C(F)(F)F. The predicted octanol–water partition coefficient (Wildman–Crippen LogP) is 2.36. The van der Waals surface area contributed by atoms with Crippen molar-refractivity contribution in [3.63, 3.8) is 0 Å². The van der Waals surface area contributed by atoms with Crippen molar-refractivity contribution in [3.05, 3.63) is 54.2 Å². The van der Waals surface area contributed by atoms with Crippen molar-refractivity contribution in [2.75, 3.05) is 31.1 Å². The quantitative estimate of drug-likeness (QED) is 0.830. The molecular formula is C18H20F3N3O3S. The third-order valence-corrected chi connectivity index (χ3v) is 6.64. The minimum atomic E-state index is -4.78. The van der Waals surface area contributed by atoms with E-state index >= 15 is 0 Å². The van der Waals surface area contributed by atoms with E-state index in [2.05, 4.69) is 4.98 Å². The van der Waals surface area contributed by atoms with Crippen LogP contribution in [0.3, 0.4) is 0 Å². The Morgan fingerprint density at radius 2 is 1.61 bits per heavy atom. The van der Waals surface area contributed by atoms with Gasteiger partial charge in [-0.15, -0.1) is 0 Å². The summed E-state index contributed by atoms with van der Waals surface area (Å²) < 4.78 is 65.3. The Balaban J connectivity index is 1.69. The predicted molar refractivity (Wildman–Crippen MR) is 97.3 cm³/mol. The van der Waals surface area contributed by atoms with Gasteiger partial charge in [0.15, 0.2) is 10.6 Å². The first-order valence-corrected chi connectivity index (χ1v) is 10.0. The minimum Gasteiger partial charge on any atom is -0.376 e. The summed E-state index contributed by atoms with van der Waals surface area (Å²) in [5, 5.41) is 9.73. The number of aromatic nitrogens is 1. The average molecular weight is 415 g/mol. The highest BCUT2D eigenvalue weighted by Crippen LogP contribution is 2.38. The van der Waals surface area contributed by atoms with Crippen LogP contribution in [-0.2, 0) is 15.6 Å². The smallest absolute Gasteiger partial charge is 0.376 e. The van der Waals surface area contributed by atoms with Crippen LogP contribution in [0.25, 0.3) is 0 Å². The maximum atomic E-state index is 12.9. The second kappa shape index (κ2) is 7.34. The number of pyridine rings is 1. The molecule has 1 aromatic heterocycles.